The van der Waals surface area contributed by atoms with Crippen molar-refractivity contribution in [3.05, 3.63) is 83.6 Å². The second-order valence-electron chi connectivity index (χ2n) is 6.06. The molecule has 0 fully saturated rings. The molecule has 0 unspecified atom stereocenters. The van der Waals surface area contributed by atoms with Crippen LogP contribution in [0.1, 0.15) is 35.9 Å². The molecule has 1 atom stereocenters. The molecular formula is C21H19NO3. The third-order valence-corrected chi connectivity index (χ3v) is 3.84. The molecule has 1 N–H and O–H groups in total. The Balaban J connectivity index is 2.00. The van der Waals surface area contributed by atoms with Crippen LogP contribution in [0.4, 0.5) is 0 Å². The molecule has 0 saturated heterocycles. The van der Waals surface area contributed by atoms with Crippen LogP contribution in [0.3, 0.4) is 0 Å². The molecule has 4 heteroatoms. The molecule has 3 rings (SSSR count). The summed E-state index contributed by atoms with van der Waals surface area (Å²) in [6, 6.07) is 16.6. The highest BCUT2D eigenvalue weighted by Crippen LogP contribution is 2.27. The summed E-state index contributed by atoms with van der Waals surface area (Å²) in [7, 11) is 0. The van der Waals surface area contributed by atoms with Crippen LogP contribution in [-0.2, 0) is 9.53 Å². The number of esters is 1. The van der Waals surface area contributed by atoms with E-state index in [9.17, 15) is 9.59 Å². The van der Waals surface area contributed by atoms with E-state index in [1.165, 1.54) is 6.08 Å². The number of nitrogens with one attached hydrogen (secondary N) is 1. The molecule has 4 nitrogen and oxygen atoms in total. The van der Waals surface area contributed by atoms with Gasteiger partial charge in [0.2, 0.25) is 5.78 Å². The topological polar surface area (TPSA) is 59.2 Å². The number of benzene rings is 2. The summed E-state index contributed by atoms with van der Waals surface area (Å²) < 4.78 is 5.50. The van der Waals surface area contributed by atoms with Crippen molar-refractivity contribution in [1.29, 1.82) is 0 Å². The van der Waals surface area contributed by atoms with E-state index in [0.717, 1.165) is 16.5 Å². The van der Waals surface area contributed by atoms with Crippen molar-refractivity contribution >= 4 is 22.7 Å². The largest absolute Gasteiger partial charge is 0.446 e. The van der Waals surface area contributed by atoms with E-state index in [4.69, 9.17) is 4.74 Å². The van der Waals surface area contributed by atoms with Crippen molar-refractivity contribution < 1.29 is 14.3 Å². The molecule has 126 valence electrons. The lowest BCUT2D eigenvalue weighted by molar-refractivity contribution is -0.141. The minimum atomic E-state index is -0.983. The highest BCUT2D eigenvalue weighted by atomic mass is 16.5. The standard InChI is InChI=1S/C21H19NO3/c1-14(2)12-19(23)25-21(15-8-4-3-5-9-15)20(24)17-13-22-18-11-7-6-10-16(17)18/h3-13,21-22H,1-2H3/t21-/m1/s1. The number of aromatic nitrogens is 1. The first-order chi connectivity index (χ1) is 12.1. The minimum Gasteiger partial charge on any atom is -0.446 e. The van der Waals surface area contributed by atoms with Gasteiger partial charge in [-0.3, -0.25) is 4.79 Å². The minimum absolute atomic E-state index is 0.251. The van der Waals surface area contributed by atoms with Gasteiger partial charge in [0.15, 0.2) is 6.10 Å². The molecule has 1 heterocycles. The summed E-state index contributed by atoms with van der Waals surface area (Å²) in [4.78, 5) is 28.3. The number of H-pyrrole nitrogens is 1. The van der Waals surface area contributed by atoms with Crippen molar-refractivity contribution in [2.24, 2.45) is 0 Å². The van der Waals surface area contributed by atoms with E-state index in [-0.39, 0.29) is 5.78 Å². The van der Waals surface area contributed by atoms with Gasteiger partial charge in [0.1, 0.15) is 0 Å². The smallest absolute Gasteiger partial charge is 0.331 e. The van der Waals surface area contributed by atoms with Gasteiger partial charge in [-0.2, -0.15) is 0 Å². The normalized spacial score (nSPS) is 11.8. The van der Waals surface area contributed by atoms with Crippen LogP contribution in [0.2, 0.25) is 0 Å². The van der Waals surface area contributed by atoms with Gasteiger partial charge in [0.25, 0.3) is 0 Å². The zero-order valence-electron chi connectivity index (χ0n) is 14.2. The van der Waals surface area contributed by atoms with E-state index in [1.807, 2.05) is 42.5 Å². The molecule has 25 heavy (non-hydrogen) atoms. The summed E-state index contributed by atoms with van der Waals surface area (Å²) >= 11 is 0. The number of hydrogen-bond donors (Lipinski definition) is 1. The number of hydrogen-bond acceptors (Lipinski definition) is 3. The SMILES string of the molecule is CC(C)=CC(=O)O[C@@H](C(=O)c1c[nH]c2ccccc12)c1ccccc1. The number of allylic oxidation sites excluding steroid dienone is 1. The van der Waals surface area contributed by atoms with E-state index >= 15 is 0 Å². The molecule has 0 spiro atoms. The van der Waals surface area contributed by atoms with E-state index in [2.05, 4.69) is 4.98 Å². The van der Waals surface area contributed by atoms with Crippen LogP contribution < -0.4 is 0 Å². The number of carbonyl (C=O) groups is 2. The van der Waals surface area contributed by atoms with Crippen molar-refractivity contribution in [3.63, 3.8) is 0 Å². The molecule has 0 aliphatic heterocycles. The lowest BCUT2D eigenvalue weighted by atomic mass is 9.99. The third kappa shape index (κ3) is 3.69. The number of carbonyl (C=O) groups excluding carboxylic acids is 2. The van der Waals surface area contributed by atoms with E-state index in [1.54, 1.807) is 32.2 Å². The Morgan fingerprint density at radius 1 is 1.00 bits per heavy atom. The van der Waals surface area contributed by atoms with Crippen LogP contribution in [0.5, 0.6) is 0 Å². The molecule has 0 bridgehead atoms. The van der Waals surface area contributed by atoms with Crippen molar-refractivity contribution in [2.45, 2.75) is 20.0 Å². The molecule has 0 aliphatic rings. The Kier molecular flexibility index (Phi) is 4.80. The van der Waals surface area contributed by atoms with Gasteiger partial charge in [-0.1, -0.05) is 54.1 Å². The fourth-order valence-electron chi connectivity index (χ4n) is 2.70. The Morgan fingerprint density at radius 3 is 2.40 bits per heavy atom. The maximum atomic E-state index is 13.1. The van der Waals surface area contributed by atoms with Gasteiger partial charge in [-0.15, -0.1) is 0 Å². The second kappa shape index (κ2) is 7.18. The zero-order chi connectivity index (χ0) is 17.8. The highest BCUT2D eigenvalue weighted by Gasteiger charge is 2.27. The van der Waals surface area contributed by atoms with Crippen LogP contribution in [0.15, 0.2) is 72.4 Å². The molecule has 3 aromatic rings. The van der Waals surface area contributed by atoms with Crippen LogP contribution in [0.25, 0.3) is 10.9 Å². The predicted octanol–water partition coefficient (Wildman–Crippen LogP) is 4.60. The number of ketones is 1. The second-order valence-corrected chi connectivity index (χ2v) is 6.06. The van der Waals surface area contributed by atoms with Crippen molar-refractivity contribution in [1.82, 2.24) is 4.98 Å². The summed E-state index contributed by atoms with van der Waals surface area (Å²) in [6.07, 6.45) is 2.07. The van der Waals surface area contributed by atoms with Crippen LogP contribution in [-0.4, -0.2) is 16.7 Å². The fraction of sp³-hybridized carbons (Fsp3) is 0.143. The number of ether oxygens (including phenoxy) is 1. The van der Waals surface area contributed by atoms with Gasteiger partial charge >= 0.3 is 5.97 Å². The number of aromatic amines is 1. The molecule has 0 saturated carbocycles. The Bertz CT molecular complexity index is 934. The van der Waals surface area contributed by atoms with Crippen LogP contribution >= 0.6 is 0 Å². The summed E-state index contributed by atoms with van der Waals surface area (Å²) in [6.45, 7) is 3.61. The number of rotatable bonds is 5. The van der Waals surface area contributed by atoms with Gasteiger partial charge in [-0.25, -0.2) is 4.79 Å². The third-order valence-electron chi connectivity index (χ3n) is 3.84. The quantitative estimate of drug-likeness (QED) is 0.422. The van der Waals surface area contributed by atoms with Gasteiger partial charge in [0, 0.05) is 34.3 Å². The first-order valence-corrected chi connectivity index (χ1v) is 8.07. The maximum Gasteiger partial charge on any atom is 0.331 e. The van der Waals surface area contributed by atoms with E-state index < -0.39 is 12.1 Å². The maximum absolute atomic E-state index is 13.1. The number of fused-ring (bicyclic) bond motifs is 1. The molecular weight excluding hydrogens is 314 g/mol. The molecule has 2 aromatic carbocycles. The molecule has 0 amide bonds. The predicted molar refractivity (Wildman–Crippen MR) is 97.3 cm³/mol. The molecule has 0 aliphatic carbocycles. The summed E-state index contributed by atoms with van der Waals surface area (Å²) in [5, 5.41) is 0.812. The average Bonchev–Trinajstić information content (AvgIpc) is 3.03. The van der Waals surface area contributed by atoms with Gasteiger partial charge in [0.05, 0.1) is 0 Å². The lowest BCUT2D eigenvalue weighted by Gasteiger charge is -2.16. The molecule has 0 radical (unpaired) electrons. The Hall–Kier alpha value is -3.14. The first kappa shape index (κ1) is 16.7. The summed E-state index contributed by atoms with van der Waals surface area (Å²) in [5.74, 6) is -0.777. The van der Waals surface area contributed by atoms with Crippen molar-refractivity contribution in [3.8, 4) is 0 Å². The van der Waals surface area contributed by atoms with E-state index in [0.29, 0.717) is 11.1 Å². The number of para-hydroxylation sites is 1. The Morgan fingerprint density at radius 2 is 1.68 bits per heavy atom. The first-order valence-electron chi connectivity index (χ1n) is 8.07. The van der Waals surface area contributed by atoms with Gasteiger partial charge < -0.3 is 9.72 Å². The summed E-state index contributed by atoms with van der Waals surface area (Å²) in [5.41, 5.74) is 2.84. The fourth-order valence-corrected chi connectivity index (χ4v) is 2.70. The van der Waals surface area contributed by atoms with Crippen LogP contribution in [0, 0.1) is 0 Å². The monoisotopic (exact) mass is 333 g/mol. The van der Waals surface area contributed by atoms with Gasteiger partial charge in [-0.05, 0) is 19.9 Å². The molecule has 1 aromatic heterocycles. The zero-order valence-corrected chi connectivity index (χ0v) is 14.2. The lowest BCUT2D eigenvalue weighted by Crippen LogP contribution is -2.19. The number of Topliss-reactive ketones (excluding diaryl/α,β-unsaturated/α-hetero) is 1. The van der Waals surface area contributed by atoms with Crippen molar-refractivity contribution in [2.75, 3.05) is 0 Å². The average molecular weight is 333 g/mol. The highest BCUT2D eigenvalue weighted by molar-refractivity contribution is 6.10. The Labute approximate surface area is 146 Å².